The van der Waals surface area contributed by atoms with Crippen molar-refractivity contribution in [3.05, 3.63) is 140 Å². The van der Waals surface area contributed by atoms with Gasteiger partial charge in [0.1, 0.15) is 5.65 Å². The summed E-state index contributed by atoms with van der Waals surface area (Å²) in [6.07, 6.45) is 0. The molecule has 0 atom stereocenters. The molecule has 4 aromatic heterocycles. The molecule has 0 aliphatic carbocycles. The molecule has 0 radical (unpaired) electrons. The average molecular weight is 578 g/mol. The van der Waals surface area contributed by atoms with Gasteiger partial charge in [0, 0.05) is 36.3 Å². The van der Waals surface area contributed by atoms with Crippen molar-refractivity contribution >= 4 is 80.9 Å². The Labute approximate surface area is 256 Å². The lowest BCUT2D eigenvalue weighted by Crippen LogP contribution is -1.94. The van der Waals surface area contributed by atoms with Crippen molar-refractivity contribution in [3.63, 3.8) is 0 Å². The zero-order valence-electron chi connectivity index (χ0n) is 23.5. The Balaban J connectivity index is 1.16. The van der Waals surface area contributed by atoms with Crippen LogP contribution in [0, 0.1) is 0 Å². The monoisotopic (exact) mass is 577 g/mol. The fraction of sp³-hybridized carbons (Fsp3) is 0. The summed E-state index contributed by atoms with van der Waals surface area (Å²) in [5, 5.41) is 5.97. The molecule has 0 saturated heterocycles. The van der Waals surface area contributed by atoms with E-state index in [0.29, 0.717) is 0 Å². The fourth-order valence-electron chi connectivity index (χ4n) is 6.80. The molecule has 0 aliphatic rings. The molecule has 0 unspecified atom stereocenters. The molecule has 0 amide bonds. The Kier molecular flexibility index (Phi) is 4.87. The van der Waals surface area contributed by atoms with Crippen LogP contribution in [0.5, 0.6) is 0 Å². The first-order valence-corrected chi connectivity index (χ1v) is 15.6. The Morgan fingerprint density at radius 3 is 2.00 bits per heavy atom. The van der Waals surface area contributed by atoms with E-state index in [1.807, 2.05) is 17.4 Å². The maximum atomic E-state index is 5.16. The number of aromatic nitrogens is 3. The van der Waals surface area contributed by atoms with E-state index in [9.17, 15) is 0 Å². The van der Waals surface area contributed by atoms with E-state index in [1.165, 1.54) is 42.4 Å². The Hall–Kier alpha value is -5.58. The molecule has 3 nitrogen and oxygen atoms in total. The van der Waals surface area contributed by atoms with Crippen LogP contribution in [0.15, 0.2) is 140 Å². The molecule has 4 heterocycles. The molecule has 10 aromatic rings. The summed E-state index contributed by atoms with van der Waals surface area (Å²) in [5.74, 6) is 0. The van der Waals surface area contributed by atoms with Crippen LogP contribution < -0.4 is 0 Å². The van der Waals surface area contributed by atoms with Gasteiger partial charge in [-0.3, -0.25) is 4.40 Å². The summed E-state index contributed by atoms with van der Waals surface area (Å²) in [6, 6.07) is 50.2. The van der Waals surface area contributed by atoms with Gasteiger partial charge in [-0.1, -0.05) is 91.0 Å². The molecule has 0 saturated carbocycles. The van der Waals surface area contributed by atoms with Crippen molar-refractivity contribution in [1.82, 2.24) is 14.4 Å². The highest BCUT2D eigenvalue weighted by Crippen LogP contribution is 2.38. The Morgan fingerprint density at radius 1 is 0.432 bits per heavy atom. The smallest absolute Gasteiger partial charge is 0.147 e. The molecule has 0 bridgehead atoms. The molecular formula is C40H23N3S. The van der Waals surface area contributed by atoms with Crippen molar-refractivity contribution in [2.75, 3.05) is 0 Å². The van der Waals surface area contributed by atoms with Crippen LogP contribution in [0.2, 0.25) is 0 Å². The van der Waals surface area contributed by atoms with Crippen molar-refractivity contribution in [1.29, 1.82) is 0 Å². The van der Waals surface area contributed by atoms with E-state index in [1.54, 1.807) is 0 Å². The van der Waals surface area contributed by atoms with Gasteiger partial charge in [-0.2, -0.15) is 0 Å². The van der Waals surface area contributed by atoms with Crippen LogP contribution in [0.25, 0.3) is 91.8 Å². The highest BCUT2D eigenvalue weighted by Gasteiger charge is 2.16. The molecule has 44 heavy (non-hydrogen) atoms. The molecule has 0 spiro atoms. The number of nitrogens with zero attached hydrogens (tertiary/aromatic N) is 3. The summed E-state index contributed by atoms with van der Waals surface area (Å²) in [7, 11) is 0. The van der Waals surface area contributed by atoms with Gasteiger partial charge in [0.05, 0.1) is 27.6 Å². The second-order valence-corrected chi connectivity index (χ2v) is 12.5. The van der Waals surface area contributed by atoms with Gasteiger partial charge in [-0.05, 0) is 70.8 Å². The summed E-state index contributed by atoms with van der Waals surface area (Å²) in [5.41, 5.74) is 10.9. The molecular weight excluding hydrogens is 555 g/mol. The Morgan fingerprint density at radius 2 is 1.11 bits per heavy atom. The number of fused-ring (bicyclic) bond motifs is 12. The number of hydrogen-bond acceptors (Lipinski definition) is 3. The largest absolute Gasteiger partial charge is 0.292 e. The van der Waals surface area contributed by atoms with Crippen LogP contribution in [0.4, 0.5) is 0 Å². The first kappa shape index (κ1) is 23.9. The zero-order valence-corrected chi connectivity index (χ0v) is 24.3. The third-order valence-corrected chi connectivity index (χ3v) is 10.1. The van der Waals surface area contributed by atoms with Crippen molar-refractivity contribution < 1.29 is 0 Å². The lowest BCUT2D eigenvalue weighted by molar-refractivity contribution is 1.31. The summed E-state index contributed by atoms with van der Waals surface area (Å²) in [4.78, 5) is 10.3. The standard InChI is InChI=1S/C40H23N3S/c1-3-9-33-28(7-1)22-32-39(41-33)30-19-17-27(23-36(30)43-35-11-5-4-10-34(35)42-40(32)43)25-15-13-24(14-16-25)26-18-20-38-31(21-26)29-8-2-6-12-37(29)44-38/h1-23H. The van der Waals surface area contributed by atoms with E-state index in [0.717, 1.165) is 49.4 Å². The van der Waals surface area contributed by atoms with Gasteiger partial charge in [0.25, 0.3) is 0 Å². The summed E-state index contributed by atoms with van der Waals surface area (Å²) in [6.45, 7) is 0. The number of hydrogen-bond donors (Lipinski definition) is 0. The van der Waals surface area contributed by atoms with E-state index >= 15 is 0 Å². The normalized spacial score (nSPS) is 12.1. The maximum Gasteiger partial charge on any atom is 0.147 e. The van der Waals surface area contributed by atoms with E-state index in [4.69, 9.17) is 9.97 Å². The van der Waals surface area contributed by atoms with Gasteiger partial charge in [-0.25, -0.2) is 9.97 Å². The van der Waals surface area contributed by atoms with Gasteiger partial charge >= 0.3 is 0 Å². The van der Waals surface area contributed by atoms with Crippen molar-refractivity contribution in [3.8, 4) is 22.3 Å². The number of pyridine rings is 2. The van der Waals surface area contributed by atoms with Gasteiger partial charge in [0.2, 0.25) is 0 Å². The quantitative estimate of drug-likeness (QED) is 0.151. The lowest BCUT2D eigenvalue weighted by Gasteiger charge is -2.12. The van der Waals surface area contributed by atoms with Crippen LogP contribution in [0.3, 0.4) is 0 Å². The molecule has 204 valence electrons. The van der Waals surface area contributed by atoms with Crippen LogP contribution >= 0.6 is 11.3 Å². The number of para-hydroxylation sites is 3. The van der Waals surface area contributed by atoms with Crippen LogP contribution in [0.1, 0.15) is 0 Å². The average Bonchev–Trinajstić information content (AvgIpc) is 3.66. The van der Waals surface area contributed by atoms with E-state index in [-0.39, 0.29) is 0 Å². The SMILES string of the molecule is c1ccc2nc3c4ccc(-c5ccc(-c6ccc7sc8ccccc8c7c6)cc5)cc4n4c5ccccc5nc4c3cc2c1. The van der Waals surface area contributed by atoms with E-state index < -0.39 is 0 Å². The molecule has 4 heteroatoms. The maximum absolute atomic E-state index is 5.16. The zero-order chi connectivity index (χ0) is 28.8. The van der Waals surface area contributed by atoms with Crippen LogP contribution in [-0.2, 0) is 0 Å². The number of benzene rings is 6. The number of thiophene rings is 1. The second-order valence-electron chi connectivity index (χ2n) is 11.5. The minimum atomic E-state index is 0.941. The number of rotatable bonds is 2. The topological polar surface area (TPSA) is 30.2 Å². The van der Waals surface area contributed by atoms with Crippen molar-refractivity contribution in [2.24, 2.45) is 0 Å². The summed E-state index contributed by atoms with van der Waals surface area (Å²) >= 11 is 1.86. The van der Waals surface area contributed by atoms with Gasteiger partial charge in [-0.15, -0.1) is 11.3 Å². The Bertz CT molecular complexity index is 2770. The van der Waals surface area contributed by atoms with Crippen LogP contribution in [-0.4, -0.2) is 14.4 Å². The first-order chi connectivity index (χ1) is 21.8. The minimum Gasteiger partial charge on any atom is -0.292 e. The van der Waals surface area contributed by atoms with Gasteiger partial charge in [0.15, 0.2) is 0 Å². The van der Waals surface area contributed by atoms with Crippen molar-refractivity contribution in [2.45, 2.75) is 0 Å². The third kappa shape index (κ3) is 3.43. The summed E-state index contributed by atoms with van der Waals surface area (Å²) < 4.78 is 4.97. The molecule has 6 aromatic carbocycles. The molecule has 10 rings (SSSR count). The predicted molar refractivity (Wildman–Crippen MR) is 187 cm³/mol. The minimum absolute atomic E-state index is 0.941. The second kappa shape index (κ2) is 8.96. The van der Waals surface area contributed by atoms with E-state index in [2.05, 4.69) is 138 Å². The first-order valence-electron chi connectivity index (χ1n) is 14.8. The predicted octanol–water partition coefficient (Wildman–Crippen LogP) is 11.0. The lowest BCUT2D eigenvalue weighted by atomic mass is 9.98. The highest BCUT2D eigenvalue weighted by molar-refractivity contribution is 7.25. The molecule has 0 aliphatic heterocycles. The van der Waals surface area contributed by atoms with Gasteiger partial charge < -0.3 is 0 Å². The fourth-order valence-corrected chi connectivity index (χ4v) is 7.89. The third-order valence-electron chi connectivity index (χ3n) is 8.95. The molecule has 0 fully saturated rings. The highest BCUT2D eigenvalue weighted by atomic mass is 32.1. The molecule has 0 N–H and O–H groups in total. The number of imidazole rings is 1.